The van der Waals surface area contributed by atoms with Crippen molar-refractivity contribution in [2.24, 2.45) is 11.5 Å². The highest BCUT2D eigenvalue weighted by atomic mass is 16.5. The fraction of sp³-hybridized carbons (Fsp3) is 0.200. The zero-order valence-electron chi connectivity index (χ0n) is 10.5. The van der Waals surface area contributed by atoms with E-state index in [1.165, 1.54) is 0 Å². The molecular weight excluding hydrogens is 224 g/mol. The Morgan fingerprint density at radius 2 is 1.50 bits per heavy atom. The molecule has 0 saturated heterocycles. The van der Waals surface area contributed by atoms with Gasteiger partial charge in [-0.15, -0.1) is 0 Å². The zero-order chi connectivity index (χ0) is 13.0. The smallest absolute Gasteiger partial charge is 0.127 e. The van der Waals surface area contributed by atoms with Crippen LogP contribution in [0.2, 0.25) is 0 Å². The third-order valence-electron chi connectivity index (χ3n) is 2.92. The van der Waals surface area contributed by atoms with Crippen molar-refractivity contribution < 1.29 is 4.74 Å². The number of hydrogen-bond acceptors (Lipinski definition) is 3. The predicted molar refractivity (Wildman–Crippen MR) is 73.6 cm³/mol. The zero-order valence-corrected chi connectivity index (χ0v) is 10.5. The quantitative estimate of drug-likeness (QED) is 0.866. The van der Waals surface area contributed by atoms with Crippen LogP contribution >= 0.6 is 0 Å². The van der Waals surface area contributed by atoms with E-state index in [1.807, 2.05) is 61.5 Å². The number of hydrogen-bond donors (Lipinski definition) is 2. The predicted octanol–water partition coefficient (Wildman–Crippen LogP) is 2.61. The van der Waals surface area contributed by atoms with E-state index in [2.05, 4.69) is 0 Å². The van der Waals surface area contributed by atoms with E-state index in [1.54, 1.807) is 0 Å². The highest BCUT2D eigenvalue weighted by Gasteiger charge is 2.18. The second kappa shape index (κ2) is 5.21. The van der Waals surface area contributed by atoms with Crippen LogP contribution in [0.5, 0.6) is 11.5 Å². The molecule has 2 rings (SSSR count). The van der Waals surface area contributed by atoms with E-state index in [4.69, 9.17) is 16.2 Å². The van der Waals surface area contributed by atoms with Gasteiger partial charge in [0.05, 0.1) is 5.54 Å². The van der Waals surface area contributed by atoms with Crippen LogP contribution in [0.15, 0.2) is 54.6 Å². The maximum atomic E-state index is 6.07. The number of benzene rings is 2. The molecule has 0 radical (unpaired) electrons. The average molecular weight is 242 g/mol. The van der Waals surface area contributed by atoms with Crippen molar-refractivity contribution in [1.82, 2.24) is 0 Å². The summed E-state index contributed by atoms with van der Waals surface area (Å²) in [6, 6.07) is 17.4. The van der Waals surface area contributed by atoms with Gasteiger partial charge in [0.2, 0.25) is 0 Å². The van der Waals surface area contributed by atoms with Gasteiger partial charge in [-0.1, -0.05) is 30.3 Å². The second-order valence-electron chi connectivity index (χ2n) is 4.56. The van der Waals surface area contributed by atoms with E-state index in [0.29, 0.717) is 6.54 Å². The van der Waals surface area contributed by atoms with Gasteiger partial charge in [0.25, 0.3) is 0 Å². The van der Waals surface area contributed by atoms with Crippen LogP contribution < -0.4 is 16.2 Å². The third kappa shape index (κ3) is 2.88. The van der Waals surface area contributed by atoms with Gasteiger partial charge in [-0.25, -0.2) is 0 Å². The van der Waals surface area contributed by atoms with Crippen LogP contribution in [-0.4, -0.2) is 6.54 Å². The lowest BCUT2D eigenvalue weighted by molar-refractivity contribution is 0.478. The maximum Gasteiger partial charge on any atom is 0.127 e. The van der Waals surface area contributed by atoms with Gasteiger partial charge in [0.15, 0.2) is 0 Å². The SMILES string of the molecule is CC(N)(CN)c1ccc(Oc2ccccc2)cc1. The fourth-order valence-corrected chi connectivity index (χ4v) is 1.65. The third-order valence-corrected chi connectivity index (χ3v) is 2.92. The minimum Gasteiger partial charge on any atom is -0.457 e. The first kappa shape index (κ1) is 12.6. The second-order valence-corrected chi connectivity index (χ2v) is 4.56. The Morgan fingerprint density at radius 1 is 0.944 bits per heavy atom. The molecule has 4 N–H and O–H groups in total. The van der Waals surface area contributed by atoms with Gasteiger partial charge in [-0.2, -0.15) is 0 Å². The molecule has 1 atom stereocenters. The number of para-hydroxylation sites is 1. The molecule has 2 aromatic carbocycles. The van der Waals surface area contributed by atoms with E-state index in [9.17, 15) is 0 Å². The lowest BCUT2D eigenvalue weighted by Gasteiger charge is -2.23. The van der Waals surface area contributed by atoms with Crippen LogP contribution in [0.25, 0.3) is 0 Å². The van der Waals surface area contributed by atoms with Crippen LogP contribution in [0, 0.1) is 0 Å². The minimum atomic E-state index is -0.495. The van der Waals surface area contributed by atoms with Gasteiger partial charge in [-0.3, -0.25) is 0 Å². The normalized spacial score (nSPS) is 13.9. The summed E-state index contributed by atoms with van der Waals surface area (Å²) in [6.45, 7) is 2.33. The molecular formula is C15H18N2O. The van der Waals surface area contributed by atoms with Crippen molar-refractivity contribution in [3.05, 3.63) is 60.2 Å². The first-order valence-electron chi connectivity index (χ1n) is 5.94. The molecule has 0 aromatic heterocycles. The minimum absolute atomic E-state index is 0.409. The highest BCUT2D eigenvalue weighted by molar-refractivity contribution is 5.35. The summed E-state index contributed by atoms with van der Waals surface area (Å²) in [5, 5.41) is 0. The number of ether oxygens (including phenoxy) is 1. The molecule has 3 nitrogen and oxygen atoms in total. The first-order valence-corrected chi connectivity index (χ1v) is 5.94. The molecule has 94 valence electrons. The number of nitrogens with two attached hydrogens (primary N) is 2. The fourth-order valence-electron chi connectivity index (χ4n) is 1.65. The molecule has 0 heterocycles. The summed E-state index contributed by atoms with van der Waals surface area (Å²) in [4.78, 5) is 0. The molecule has 0 spiro atoms. The number of rotatable bonds is 4. The van der Waals surface area contributed by atoms with Crippen LogP contribution in [0.4, 0.5) is 0 Å². The molecule has 1 unspecified atom stereocenters. The molecule has 0 fully saturated rings. The average Bonchev–Trinajstić information content (AvgIpc) is 2.40. The molecule has 0 amide bonds. The Labute approximate surface area is 107 Å². The Morgan fingerprint density at radius 3 is 2.06 bits per heavy atom. The van der Waals surface area contributed by atoms with Crippen molar-refractivity contribution in [2.75, 3.05) is 6.54 Å². The summed E-state index contributed by atoms with van der Waals surface area (Å²) in [5.41, 5.74) is 12.2. The summed E-state index contributed by atoms with van der Waals surface area (Å²) < 4.78 is 5.71. The van der Waals surface area contributed by atoms with Crippen molar-refractivity contribution in [1.29, 1.82) is 0 Å². The van der Waals surface area contributed by atoms with Crippen molar-refractivity contribution in [3.63, 3.8) is 0 Å². The summed E-state index contributed by atoms with van der Waals surface area (Å²) >= 11 is 0. The standard InChI is InChI=1S/C15H18N2O/c1-15(17,11-16)12-7-9-14(10-8-12)18-13-5-3-2-4-6-13/h2-10H,11,16-17H2,1H3. The summed E-state index contributed by atoms with van der Waals surface area (Å²) in [7, 11) is 0. The molecule has 0 aliphatic carbocycles. The van der Waals surface area contributed by atoms with E-state index >= 15 is 0 Å². The van der Waals surface area contributed by atoms with E-state index < -0.39 is 5.54 Å². The molecule has 0 saturated carbocycles. The molecule has 0 aliphatic rings. The molecule has 18 heavy (non-hydrogen) atoms. The van der Waals surface area contributed by atoms with Gasteiger partial charge in [-0.05, 0) is 36.8 Å². The highest BCUT2D eigenvalue weighted by Crippen LogP contribution is 2.24. The van der Waals surface area contributed by atoms with E-state index in [-0.39, 0.29) is 0 Å². The maximum absolute atomic E-state index is 6.07. The van der Waals surface area contributed by atoms with E-state index in [0.717, 1.165) is 17.1 Å². The Kier molecular flexibility index (Phi) is 3.65. The van der Waals surface area contributed by atoms with Crippen LogP contribution in [0.3, 0.4) is 0 Å². The van der Waals surface area contributed by atoms with Crippen molar-refractivity contribution in [3.8, 4) is 11.5 Å². The Hall–Kier alpha value is -1.84. The van der Waals surface area contributed by atoms with Crippen molar-refractivity contribution in [2.45, 2.75) is 12.5 Å². The first-order chi connectivity index (χ1) is 8.62. The van der Waals surface area contributed by atoms with Gasteiger partial charge in [0, 0.05) is 6.54 Å². The van der Waals surface area contributed by atoms with Crippen molar-refractivity contribution >= 4 is 0 Å². The van der Waals surface area contributed by atoms with Crippen LogP contribution in [0.1, 0.15) is 12.5 Å². The van der Waals surface area contributed by atoms with Gasteiger partial charge >= 0.3 is 0 Å². The summed E-state index contributed by atoms with van der Waals surface area (Å²) in [6.07, 6.45) is 0. The van der Waals surface area contributed by atoms with Crippen LogP contribution in [-0.2, 0) is 5.54 Å². The lowest BCUT2D eigenvalue weighted by atomic mass is 9.93. The van der Waals surface area contributed by atoms with Gasteiger partial charge in [0.1, 0.15) is 11.5 Å². The monoisotopic (exact) mass is 242 g/mol. The summed E-state index contributed by atoms with van der Waals surface area (Å²) in [5.74, 6) is 1.61. The molecule has 3 heteroatoms. The Balaban J connectivity index is 2.14. The largest absolute Gasteiger partial charge is 0.457 e. The molecule has 0 bridgehead atoms. The lowest BCUT2D eigenvalue weighted by Crippen LogP contribution is -2.40. The molecule has 2 aromatic rings. The van der Waals surface area contributed by atoms with Gasteiger partial charge < -0.3 is 16.2 Å². The Bertz CT molecular complexity index is 492. The molecule has 0 aliphatic heterocycles. The topological polar surface area (TPSA) is 61.3 Å².